The minimum atomic E-state index is -4.46. The molecule has 0 saturated heterocycles. The molecule has 0 heterocycles. The molecule has 3 atom stereocenters. The first-order valence-electron chi connectivity index (χ1n) is 32.3. The van der Waals surface area contributed by atoms with Crippen LogP contribution in [0.5, 0.6) is 0 Å². The van der Waals surface area contributed by atoms with Crippen molar-refractivity contribution in [2.24, 2.45) is 0 Å². The predicted octanol–water partition coefficient (Wildman–Crippen LogP) is 20.0. The number of allylic oxidation sites excluding steroid dienone is 11. The van der Waals surface area contributed by atoms with Gasteiger partial charge in [-0.3, -0.25) is 18.6 Å². The number of esters is 1. The molecule has 0 fully saturated rings. The van der Waals surface area contributed by atoms with Crippen LogP contribution in [-0.2, 0) is 27.9 Å². The van der Waals surface area contributed by atoms with Crippen LogP contribution in [0, 0.1) is 0 Å². The number of amides is 1. The van der Waals surface area contributed by atoms with Gasteiger partial charge in [0.25, 0.3) is 0 Å². The van der Waals surface area contributed by atoms with Crippen LogP contribution in [0.1, 0.15) is 290 Å². The highest BCUT2D eigenvalue weighted by Gasteiger charge is 2.30. The zero-order chi connectivity index (χ0) is 56.4. The summed E-state index contributed by atoms with van der Waals surface area (Å²) in [6.07, 6.45) is 73.3. The highest BCUT2D eigenvalue weighted by Crippen LogP contribution is 2.43. The van der Waals surface area contributed by atoms with Gasteiger partial charge in [-0.15, -0.1) is 0 Å². The molecule has 0 rings (SSSR count). The first-order valence-corrected chi connectivity index (χ1v) is 33.8. The molecule has 0 aromatic heterocycles. The van der Waals surface area contributed by atoms with Crippen molar-refractivity contribution in [3.8, 4) is 0 Å². The van der Waals surface area contributed by atoms with E-state index >= 15 is 0 Å². The van der Waals surface area contributed by atoms with Crippen LogP contribution >= 0.6 is 7.82 Å². The maximum atomic E-state index is 13.6. The van der Waals surface area contributed by atoms with Crippen molar-refractivity contribution >= 4 is 19.7 Å². The van der Waals surface area contributed by atoms with E-state index in [0.29, 0.717) is 23.9 Å². The summed E-state index contributed by atoms with van der Waals surface area (Å²) in [5, 5.41) is 3.05. The SMILES string of the molecule is CCCCC/C=C\C/C=C\C/C=C\C/C=C\CCCCCCCCCCCC(=O)NC(COP(=O)(O)OCC[N+](C)(C)C)C(/C=C\CCCCCCCCCCCCC)OC(=O)CCCCC/C=C\CCCCCCCC. The second-order valence-corrected chi connectivity index (χ2v) is 24.4. The molecular formula is C67H124N2O7P+. The molecule has 0 saturated carbocycles. The number of rotatable bonds is 58. The van der Waals surface area contributed by atoms with Crippen LogP contribution in [0.25, 0.3) is 0 Å². The van der Waals surface area contributed by atoms with Crippen LogP contribution in [0.2, 0.25) is 0 Å². The van der Waals surface area contributed by atoms with Gasteiger partial charge in [0, 0.05) is 12.8 Å². The zero-order valence-electron chi connectivity index (χ0n) is 51.2. The maximum absolute atomic E-state index is 13.6. The largest absolute Gasteiger partial charge is 0.472 e. The lowest BCUT2D eigenvalue weighted by atomic mass is 10.0. The summed E-state index contributed by atoms with van der Waals surface area (Å²) < 4.78 is 30.7. The van der Waals surface area contributed by atoms with E-state index in [2.05, 4.69) is 86.8 Å². The van der Waals surface area contributed by atoms with Crippen LogP contribution in [0.4, 0.5) is 0 Å². The third-order valence-electron chi connectivity index (χ3n) is 14.1. The molecule has 0 bridgehead atoms. The highest BCUT2D eigenvalue weighted by atomic mass is 31.2. The number of unbranched alkanes of at least 4 members (excludes halogenated alkanes) is 32. The molecular weight excluding hydrogens is 976 g/mol. The van der Waals surface area contributed by atoms with Gasteiger partial charge in [0.1, 0.15) is 19.3 Å². The van der Waals surface area contributed by atoms with Crippen molar-refractivity contribution < 1.29 is 37.3 Å². The van der Waals surface area contributed by atoms with E-state index in [1.165, 1.54) is 154 Å². The average Bonchev–Trinajstić information content (AvgIpc) is 3.39. The Morgan fingerprint density at radius 3 is 1.23 bits per heavy atom. The lowest BCUT2D eigenvalue weighted by Gasteiger charge is -2.27. The maximum Gasteiger partial charge on any atom is 0.472 e. The quantitative estimate of drug-likeness (QED) is 0.0205. The van der Waals surface area contributed by atoms with E-state index in [-0.39, 0.29) is 31.5 Å². The Kier molecular flexibility index (Phi) is 54.8. The summed E-state index contributed by atoms with van der Waals surface area (Å²) >= 11 is 0. The number of ether oxygens (including phenoxy) is 1. The van der Waals surface area contributed by atoms with Crippen molar-refractivity contribution in [3.05, 3.63) is 72.9 Å². The van der Waals surface area contributed by atoms with E-state index in [1.807, 2.05) is 33.3 Å². The van der Waals surface area contributed by atoms with E-state index in [9.17, 15) is 19.0 Å². The Balaban J connectivity index is 5.17. The van der Waals surface area contributed by atoms with Crippen molar-refractivity contribution in [1.29, 1.82) is 0 Å². The van der Waals surface area contributed by atoms with Crippen LogP contribution in [0.15, 0.2) is 72.9 Å². The van der Waals surface area contributed by atoms with Crippen LogP contribution < -0.4 is 5.32 Å². The molecule has 0 aliphatic rings. The third kappa shape index (κ3) is 57.9. The minimum Gasteiger partial charge on any atom is -0.456 e. The molecule has 3 unspecified atom stereocenters. The lowest BCUT2D eigenvalue weighted by Crippen LogP contribution is -2.47. The second kappa shape index (κ2) is 56.7. The molecule has 0 radical (unpaired) electrons. The van der Waals surface area contributed by atoms with E-state index in [4.69, 9.17) is 13.8 Å². The molecule has 0 aromatic rings. The summed E-state index contributed by atoms with van der Waals surface area (Å²) in [6, 6.07) is -0.860. The second-order valence-electron chi connectivity index (χ2n) is 22.9. The van der Waals surface area contributed by atoms with Crippen LogP contribution in [0.3, 0.4) is 0 Å². The first kappa shape index (κ1) is 74.5. The van der Waals surface area contributed by atoms with Crippen LogP contribution in [-0.4, -0.2) is 74.3 Å². The molecule has 1 amide bonds. The molecule has 448 valence electrons. The van der Waals surface area contributed by atoms with Gasteiger partial charge in [-0.05, 0) is 102 Å². The van der Waals surface area contributed by atoms with E-state index in [1.54, 1.807) is 0 Å². The lowest BCUT2D eigenvalue weighted by molar-refractivity contribution is -0.870. The van der Waals surface area contributed by atoms with Gasteiger partial charge in [-0.25, -0.2) is 4.57 Å². The van der Waals surface area contributed by atoms with Gasteiger partial charge in [0.2, 0.25) is 5.91 Å². The fourth-order valence-corrected chi connectivity index (χ4v) is 9.83. The van der Waals surface area contributed by atoms with Crippen molar-refractivity contribution in [2.75, 3.05) is 40.9 Å². The Labute approximate surface area is 476 Å². The first-order chi connectivity index (χ1) is 37.4. The van der Waals surface area contributed by atoms with E-state index in [0.717, 1.165) is 96.3 Å². The number of carbonyl (C=O) groups excluding carboxylic acids is 2. The Morgan fingerprint density at radius 2 is 0.792 bits per heavy atom. The standard InChI is InChI=1S/C67H123N2O7P/c1-7-10-13-16-19-22-25-28-29-30-31-32-33-34-35-36-37-38-39-42-44-47-50-53-56-59-66(70)68-64(63-75-77(72,73)74-62-61-69(4,5)6)65(58-55-52-49-46-43-40-26-23-20-17-14-11-8-2)76-67(71)60-57-54-51-48-45-41-27-24-21-18-15-12-9-3/h19,22,28-29,31-32,34-35,41,45,55,58,64-65H,7-18,20-21,23-27,30,33,36-40,42-44,46-54,56-57,59-63H2,1-6H3,(H-,68,70,72,73)/p+1/b22-19-,29-28-,32-31-,35-34-,45-41-,58-55-. The number of likely N-dealkylation sites (N-methyl/N-ethyl adjacent to an activating group) is 1. The van der Waals surface area contributed by atoms with Gasteiger partial charge in [-0.1, -0.05) is 248 Å². The summed E-state index contributed by atoms with van der Waals surface area (Å²) in [6.45, 7) is 6.97. The number of nitrogens with zero attached hydrogens (tertiary/aromatic N) is 1. The van der Waals surface area contributed by atoms with E-state index < -0.39 is 20.0 Å². The Bertz CT molecular complexity index is 1550. The number of phosphoric ester groups is 1. The number of hydrogen-bond acceptors (Lipinski definition) is 6. The minimum absolute atomic E-state index is 0.0350. The number of phosphoric acid groups is 1. The molecule has 2 N–H and O–H groups in total. The number of nitrogens with one attached hydrogen (secondary N) is 1. The number of hydrogen-bond donors (Lipinski definition) is 2. The zero-order valence-corrected chi connectivity index (χ0v) is 52.1. The summed E-state index contributed by atoms with van der Waals surface area (Å²) in [5.74, 6) is -0.527. The van der Waals surface area contributed by atoms with Crippen molar-refractivity contribution in [3.63, 3.8) is 0 Å². The highest BCUT2D eigenvalue weighted by molar-refractivity contribution is 7.47. The normalized spacial score (nSPS) is 14.1. The topological polar surface area (TPSA) is 111 Å². The molecule has 9 nitrogen and oxygen atoms in total. The van der Waals surface area contributed by atoms with Gasteiger partial charge in [0.05, 0.1) is 33.8 Å². The molecule has 0 spiro atoms. The molecule has 0 aliphatic carbocycles. The molecule has 0 aromatic carbocycles. The monoisotopic (exact) mass is 1100 g/mol. The summed E-state index contributed by atoms with van der Waals surface area (Å²) in [5.41, 5.74) is 0. The predicted molar refractivity (Wildman–Crippen MR) is 332 cm³/mol. The number of carbonyl (C=O) groups is 2. The third-order valence-corrected chi connectivity index (χ3v) is 15.1. The molecule has 77 heavy (non-hydrogen) atoms. The Morgan fingerprint density at radius 1 is 0.455 bits per heavy atom. The average molecular weight is 1100 g/mol. The number of quaternary nitrogens is 1. The van der Waals surface area contributed by atoms with Gasteiger partial charge in [0.15, 0.2) is 0 Å². The van der Waals surface area contributed by atoms with Gasteiger partial charge >= 0.3 is 13.8 Å². The summed E-state index contributed by atoms with van der Waals surface area (Å²) in [7, 11) is 1.48. The van der Waals surface area contributed by atoms with Crippen molar-refractivity contribution in [1.82, 2.24) is 5.32 Å². The van der Waals surface area contributed by atoms with Crippen molar-refractivity contribution in [2.45, 2.75) is 303 Å². The molecule has 0 aliphatic heterocycles. The van der Waals surface area contributed by atoms with Gasteiger partial charge in [-0.2, -0.15) is 0 Å². The fourth-order valence-electron chi connectivity index (χ4n) is 9.10. The smallest absolute Gasteiger partial charge is 0.456 e. The molecule has 10 heteroatoms. The Hall–Kier alpha value is -2.55. The fraction of sp³-hybridized carbons (Fsp3) is 0.791. The van der Waals surface area contributed by atoms with Gasteiger partial charge < -0.3 is 19.4 Å². The summed E-state index contributed by atoms with van der Waals surface area (Å²) in [4.78, 5) is 37.7.